The van der Waals surface area contributed by atoms with E-state index in [1.807, 2.05) is 0 Å². The van der Waals surface area contributed by atoms with E-state index in [0.29, 0.717) is 0 Å². The lowest BCUT2D eigenvalue weighted by Gasteiger charge is -2.25. The van der Waals surface area contributed by atoms with Gasteiger partial charge in [-0.2, -0.15) is 11.3 Å². The maximum Gasteiger partial charge on any atom is 0.168 e. The summed E-state index contributed by atoms with van der Waals surface area (Å²) in [7, 11) is 0. The van der Waals surface area contributed by atoms with Gasteiger partial charge in [-0.05, 0) is 73.1 Å². The van der Waals surface area contributed by atoms with Crippen molar-refractivity contribution in [3.8, 4) is 0 Å². The molecule has 1 aliphatic carbocycles. The molecule has 0 aromatic carbocycles. The predicted octanol–water partition coefficient (Wildman–Crippen LogP) is 4.02. The van der Waals surface area contributed by atoms with Crippen molar-refractivity contribution in [2.24, 2.45) is 0 Å². The van der Waals surface area contributed by atoms with E-state index in [-0.39, 0.29) is 0 Å². The van der Waals surface area contributed by atoms with Crippen molar-refractivity contribution in [2.75, 3.05) is 32.7 Å². The molecule has 0 bridgehead atoms. The number of hydrogen-bond acceptors (Lipinski definition) is 3. The summed E-state index contributed by atoms with van der Waals surface area (Å²) in [5.74, 6) is 0. The second kappa shape index (κ2) is 9.54. The lowest BCUT2D eigenvalue weighted by molar-refractivity contribution is 0.278. The van der Waals surface area contributed by atoms with Gasteiger partial charge in [0.1, 0.15) is 0 Å². The van der Waals surface area contributed by atoms with Crippen molar-refractivity contribution in [3.63, 3.8) is 0 Å². The van der Waals surface area contributed by atoms with Gasteiger partial charge in [-0.25, -0.2) is 0 Å². The van der Waals surface area contributed by atoms with Crippen molar-refractivity contribution in [3.05, 3.63) is 34.0 Å². The van der Waals surface area contributed by atoms with Crippen LogP contribution in [-0.4, -0.2) is 47.6 Å². The van der Waals surface area contributed by atoms with Crippen LogP contribution in [0.15, 0.2) is 28.5 Å². The Morgan fingerprint density at radius 3 is 2.92 bits per heavy atom. The molecular weight excluding hydrogens is 334 g/mol. The Morgan fingerprint density at radius 1 is 1.17 bits per heavy atom. The van der Waals surface area contributed by atoms with Crippen LogP contribution in [0.3, 0.4) is 0 Å². The smallest absolute Gasteiger partial charge is 0.168 e. The van der Waals surface area contributed by atoms with Gasteiger partial charge in [-0.15, -0.1) is 0 Å². The summed E-state index contributed by atoms with van der Waals surface area (Å²) in [6.07, 6.45) is 10.1. The Morgan fingerprint density at radius 2 is 2.12 bits per heavy atom. The van der Waals surface area contributed by atoms with Gasteiger partial charge < -0.3 is 10.2 Å². The summed E-state index contributed by atoms with van der Waals surface area (Å²) in [6, 6.07) is 2.24. The van der Waals surface area contributed by atoms with E-state index in [2.05, 4.69) is 38.0 Å². The molecule has 1 aromatic heterocycles. The molecule has 132 valence electrons. The molecule has 2 heterocycles. The molecule has 0 amide bonds. The monoisotopic (exact) mass is 363 g/mol. The molecule has 3 nitrogen and oxygen atoms in total. The molecule has 1 saturated heterocycles. The van der Waals surface area contributed by atoms with Gasteiger partial charge in [-0.3, -0.25) is 4.90 Å². The third-order valence-electron chi connectivity index (χ3n) is 4.97. The standard InChI is InChI=1S/C19H29N3S2/c23-19(20-9-7-17-5-2-1-3-6-17)22-11-4-10-21(12-13-22)15-18-8-14-24-16-18/h5,8,14,16H,1-4,6-7,9-13,15H2,(H,20,23). The van der Waals surface area contributed by atoms with Gasteiger partial charge in [0.15, 0.2) is 5.11 Å². The minimum atomic E-state index is 0.948. The summed E-state index contributed by atoms with van der Waals surface area (Å²) in [5.41, 5.74) is 3.06. The molecule has 1 aromatic rings. The van der Waals surface area contributed by atoms with Crippen molar-refractivity contribution >= 4 is 28.7 Å². The molecule has 0 atom stereocenters. The van der Waals surface area contributed by atoms with E-state index < -0.39 is 0 Å². The molecule has 1 fully saturated rings. The normalized spacial score (nSPS) is 19.7. The molecule has 0 spiro atoms. The number of thiocarbonyl (C=S) groups is 1. The first-order valence-electron chi connectivity index (χ1n) is 9.25. The van der Waals surface area contributed by atoms with Crippen LogP contribution in [0.1, 0.15) is 44.1 Å². The molecule has 1 aliphatic heterocycles. The summed E-state index contributed by atoms with van der Waals surface area (Å²) < 4.78 is 0. The maximum atomic E-state index is 5.63. The van der Waals surface area contributed by atoms with Crippen LogP contribution in [0.4, 0.5) is 0 Å². The van der Waals surface area contributed by atoms with E-state index in [1.54, 1.807) is 16.9 Å². The molecule has 0 unspecified atom stereocenters. The van der Waals surface area contributed by atoms with Gasteiger partial charge in [0, 0.05) is 39.3 Å². The predicted molar refractivity (Wildman–Crippen MR) is 108 cm³/mol. The van der Waals surface area contributed by atoms with Crippen LogP contribution in [0.5, 0.6) is 0 Å². The molecule has 0 radical (unpaired) electrons. The summed E-state index contributed by atoms with van der Waals surface area (Å²) in [6.45, 7) is 6.45. The zero-order valence-electron chi connectivity index (χ0n) is 14.5. The minimum absolute atomic E-state index is 0.948. The molecule has 3 rings (SSSR count). The lowest BCUT2D eigenvalue weighted by atomic mass is 9.97. The van der Waals surface area contributed by atoms with Crippen LogP contribution in [-0.2, 0) is 6.54 Å². The van der Waals surface area contributed by atoms with Gasteiger partial charge in [0.2, 0.25) is 0 Å². The molecule has 1 N–H and O–H groups in total. The maximum absolute atomic E-state index is 5.63. The summed E-state index contributed by atoms with van der Waals surface area (Å²) >= 11 is 7.42. The number of rotatable bonds is 5. The zero-order chi connectivity index (χ0) is 16.6. The second-order valence-corrected chi connectivity index (χ2v) is 8.01. The largest absolute Gasteiger partial charge is 0.362 e. The van der Waals surface area contributed by atoms with E-state index in [4.69, 9.17) is 12.2 Å². The fraction of sp³-hybridized carbons (Fsp3) is 0.632. The van der Waals surface area contributed by atoms with Gasteiger partial charge in [0.05, 0.1) is 0 Å². The van der Waals surface area contributed by atoms with Crippen LogP contribution in [0.2, 0.25) is 0 Å². The van der Waals surface area contributed by atoms with Crippen LogP contribution >= 0.6 is 23.6 Å². The molecule has 0 saturated carbocycles. The van der Waals surface area contributed by atoms with Crippen molar-refractivity contribution in [2.45, 2.75) is 45.1 Å². The Bertz CT molecular complexity index is 539. The lowest BCUT2D eigenvalue weighted by Crippen LogP contribution is -2.42. The average molecular weight is 364 g/mol. The van der Waals surface area contributed by atoms with E-state index >= 15 is 0 Å². The van der Waals surface area contributed by atoms with Crippen LogP contribution in [0.25, 0.3) is 0 Å². The highest BCUT2D eigenvalue weighted by molar-refractivity contribution is 7.80. The molecule has 2 aliphatic rings. The molecule has 5 heteroatoms. The van der Waals surface area contributed by atoms with Crippen LogP contribution in [0, 0.1) is 0 Å². The highest BCUT2D eigenvalue weighted by atomic mass is 32.1. The number of hydrogen-bond donors (Lipinski definition) is 1. The Labute approximate surface area is 155 Å². The first-order valence-corrected chi connectivity index (χ1v) is 10.6. The van der Waals surface area contributed by atoms with E-state index in [1.165, 1.54) is 44.2 Å². The van der Waals surface area contributed by atoms with Crippen molar-refractivity contribution in [1.29, 1.82) is 0 Å². The molecule has 24 heavy (non-hydrogen) atoms. The highest BCUT2D eigenvalue weighted by Crippen LogP contribution is 2.19. The highest BCUT2D eigenvalue weighted by Gasteiger charge is 2.17. The number of nitrogens with zero attached hydrogens (tertiary/aromatic N) is 2. The fourth-order valence-electron chi connectivity index (χ4n) is 3.55. The number of nitrogens with one attached hydrogen (secondary N) is 1. The SMILES string of the molecule is S=C(NCCC1=CCCCC1)N1CCCN(Cc2ccsc2)CC1. The third-order valence-corrected chi connectivity index (χ3v) is 6.10. The average Bonchev–Trinajstić information content (AvgIpc) is 3.00. The Balaban J connectivity index is 1.38. The van der Waals surface area contributed by atoms with E-state index in [0.717, 1.165) is 44.3 Å². The third kappa shape index (κ3) is 5.57. The number of allylic oxidation sites excluding steroid dienone is 1. The quantitative estimate of drug-likeness (QED) is 0.629. The van der Waals surface area contributed by atoms with Crippen molar-refractivity contribution in [1.82, 2.24) is 15.1 Å². The Hall–Kier alpha value is -0.910. The number of thiophene rings is 1. The van der Waals surface area contributed by atoms with Gasteiger partial charge >= 0.3 is 0 Å². The minimum Gasteiger partial charge on any atom is -0.362 e. The Kier molecular flexibility index (Phi) is 7.12. The van der Waals surface area contributed by atoms with Gasteiger partial charge in [-0.1, -0.05) is 11.6 Å². The molecular formula is C19H29N3S2. The van der Waals surface area contributed by atoms with E-state index in [9.17, 15) is 0 Å². The summed E-state index contributed by atoms with van der Waals surface area (Å²) in [4.78, 5) is 4.91. The van der Waals surface area contributed by atoms with Crippen LogP contribution < -0.4 is 5.32 Å². The fourth-order valence-corrected chi connectivity index (χ4v) is 4.49. The van der Waals surface area contributed by atoms with Crippen molar-refractivity contribution < 1.29 is 0 Å². The van der Waals surface area contributed by atoms with Gasteiger partial charge in [0.25, 0.3) is 0 Å². The zero-order valence-corrected chi connectivity index (χ0v) is 16.1. The topological polar surface area (TPSA) is 18.5 Å². The first kappa shape index (κ1) is 17.9. The summed E-state index contributed by atoms with van der Waals surface area (Å²) in [5, 5.41) is 8.86. The second-order valence-electron chi connectivity index (χ2n) is 6.84. The first-order chi connectivity index (χ1) is 11.8.